The number of likely N-dealkylation sites (N-methyl/N-ethyl adjacent to an activating group) is 6. The second-order valence-electron chi connectivity index (χ2n) is 30.7. The average Bonchev–Trinajstić information content (AvgIpc) is 1.37. The lowest BCUT2D eigenvalue weighted by Crippen LogP contribution is -2.65. The first-order chi connectivity index (χ1) is 48.2. The lowest BCUT2D eigenvalue weighted by Gasteiger charge is -2.46. The van der Waals surface area contributed by atoms with Crippen LogP contribution in [0.5, 0.6) is 0 Å². The number of nitrogens with one attached hydrogen (secondary N) is 3. The van der Waals surface area contributed by atoms with E-state index in [0.717, 1.165) is 76.3 Å². The van der Waals surface area contributed by atoms with Crippen LogP contribution in [0.2, 0.25) is 5.02 Å². The lowest BCUT2D eigenvalue weighted by molar-refractivity contribution is -0.161. The molecule has 0 aromatic heterocycles. The Morgan fingerprint density at radius 3 is 1.75 bits per heavy atom. The van der Waals surface area contributed by atoms with Gasteiger partial charge in [-0.2, -0.15) is 13.2 Å². The molecule has 12 amide bonds. The molecule has 8 rings (SSSR count). The first-order valence-corrected chi connectivity index (χ1v) is 37.8. The monoisotopic (exact) mass is 1450 g/mol. The summed E-state index contributed by atoms with van der Waals surface area (Å²) in [5.74, 6) is -8.46. The summed E-state index contributed by atoms with van der Waals surface area (Å²) in [4.78, 5) is 193. The molecule has 3 aliphatic carbocycles. The van der Waals surface area contributed by atoms with Gasteiger partial charge in [-0.25, -0.2) is 0 Å². The Labute approximate surface area is 604 Å². The Morgan fingerprint density at radius 1 is 0.608 bits per heavy atom. The largest absolute Gasteiger partial charge is 0.417 e. The van der Waals surface area contributed by atoms with Crippen LogP contribution in [0.25, 0.3) is 0 Å². The minimum Gasteiger partial charge on any atom is -0.343 e. The van der Waals surface area contributed by atoms with Crippen molar-refractivity contribution in [3.8, 4) is 0 Å². The van der Waals surface area contributed by atoms with Crippen LogP contribution in [0, 0.1) is 23.7 Å². The number of hydrogen-bond acceptors (Lipinski definition) is 12. The minimum absolute atomic E-state index is 0.0258. The van der Waals surface area contributed by atoms with Gasteiger partial charge in [0.25, 0.3) is 0 Å². The van der Waals surface area contributed by atoms with E-state index in [-0.39, 0.29) is 76.3 Å². The summed E-state index contributed by atoms with van der Waals surface area (Å²) in [6.07, 6.45) is 7.50. The molecule has 4 saturated heterocycles. The molecular weight excluding hydrogens is 1340 g/mol. The van der Waals surface area contributed by atoms with Crippen LogP contribution in [0.4, 0.5) is 13.2 Å². The SMILES string of the molecule is CC[C@H](C)[C@@H]1NC(=O)[C@H](C)N(C)C(=O)C[C@@H](C(=O)N2CCCCC2)N(C)C(=O)[C@H](C(C)C)N(C)C(=O)C2(CCCC2)NC(=O)[C@@H]2CCCN2C(=O)[C@H](CCc2ccc(C(F)(F)F)c(Cl)c2)NC(=O)CN(C)C(=O)[C@H](CC2CCCCC2)N(C)C(=O)[C@@H]2CCN2C(=O)[C@H](CC2CCCC2)N(C)C1=O. The molecule has 10 atom stereocenters. The Bertz CT molecular complexity index is 3230. The zero-order valence-corrected chi connectivity index (χ0v) is 62.6. The molecular formula is C74H112ClF3N12O12. The molecule has 102 heavy (non-hydrogen) atoms. The van der Waals surface area contributed by atoms with E-state index in [1.165, 1.54) is 94.5 Å². The van der Waals surface area contributed by atoms with Crippen molar-refractivity contribution in [3.63, 3.8) is 0 Å². The van der Waals surface area contributed by atoms with E-state index in [4.69, 9.17) is 11.6 Å². The van der Waals surface area contributed by atoms with Gasteiger partial charge in [-0.3, -0.25) is 57.5 Å². The zero-order chi connectivity index (χ0) is 74.8. The highest BCUT2D eigenvalue weighted by Gasteiger charge is 2.52. The van der Waals surface area contributed by atoms with Crippen molar-refractivity contribution in [2.24, 2.45) is 23.7 Å². The fraction of sp³-hybridized carbons (Fsp3) is 0.757. The molecule has 0 unspecified atom stereocenters. The van der Waals surface area contributed by atoms with Crippen molar-refractivity contribution in [1.82, 2.24) is 60.0 Å². The molecule has 28 heteroatoms. The number of rotatable bonds is 11. The summed E-state index contributed by atoms with van der Waals surface area (Å²) < 4.78 is 41.7. The van der Waals surface area contributed by atoms with E-state index in [0.29, 0.717) is 57.2 Å². The number of benzene rings is 1. The Hall–Kier alpha value is -7.06. The number of halogens is 4. The van der Waals surface area contributed by atoms with E-state index in [1.807, 2.05) is 6.92 Å². The fourth-order valence-corrected chi connectivity index (χ4v) is 16.9. The number of hydrogen-bond donors (Lipinski definition) is 3. The van der Waals surface area contributed by atoms with Gasteiger partial charge >= 0.3 is 6.18 Å². The maximum Gasteiger partial charge on any atom is 0.417 e. The average molecular weight is 1450 g/mol. The Kier molecular flexibility index (Phi) is 27.8. The third-order valence-electron chi connectivity index (χ3n) is 23.5. The molecule has 1 spiro atoms. The molecule has 4 heterocycles. The molecule has 0 bridgehead atoms. The van der Waals surface area contributed by atoms with Crippen LogP contribution in [0.15, 0.2) is 18.2 Å². The maximum absolute atomic E-state index is 15.4. The van der Waals surface area contributed by atoms with E-state index in [9.17, 15) is 32.3 Å². The third-order valence-corrected chi connectivity index (χ3v) is 23.8. The van der Waals surface area contributed by atoms with Crippen molar-refractivity contribution in [2.45, 2.75) is 261 Å². The van der Waals surface area contributed by atoms with Gasteiger partial charge in [0.1, 0.15) is 59.9 Å². The van der Waals surface area contributed by atoms with E-state index < -0.39 is 172 Å². The summed E-state index contributed by atoms with van der Waals surface area (Å²) in [6, 6.07) is -7.72. The summed E-state index contributed by atoms with van der Waals surface area (Å²) >= 11 is 6.17. The third kappa shape index (κ3) is 18.7. The number of nitrogens with zero attached hydrogens (tertiary/aromatic N) is 9. The van der Waals surface area contributed by atoms with Gasteiger partial charge in [0.15, 0.2) is 0 Å². The number of aryl methyl sites for hydroxylation is 1. The van der Waals surface area contributed by atoms with Crippen molar-refractivity contribution in [3.05, 3.63) is 34.3 Å². The molecule has 3 N–H and O–H groups in total. The molecule has 7 aliphatic rings. The van der Waals surface area contributed by atoms with Gasteiger partial charge in [0.2, 0.25) is 70.9 Å². The fourth-order valence-electron chi connectivity index (χ4n) is 16.6. The second-order valence-corrected chi connectivity index (χ2v) is 31.1. The number of piperidine rings is 1. The summed E-state index contributed by atoms with van der Waals surface area (Å²) in [5, 5.41) is 8.17. The van der Waals surface area contributed by atoms with E-state index in [2.05, 4.69) is 16.0 Å². The minimum atomic E-state index is -4.76. The van der Waals surface area contributed by atoms with Gasteiger partial charge in [0.05, 0.1) is 23.6 Å². The Balaban J connectivity index is 1.17. The lowest BCUT2D eigenvalue weighted by atomic mass is 9.84. The predicted octanol–water partition coefficient (Wildman–Crippen LogP) is 6.56. The van der Waals surface area contributed by atoms with Crippen molar-refractivity contribution < 1.29 is 70.7 Å². The first-order valence-electron chi connectivity index (χ1n) is 37.5. The normalized spacial score (nSPS) is 28.4. The second kappa shape index (κ2) is 35.1. The van der Waals surface area contributed by atoms with Gasteiger partial charge < -0.3 is 60.0 Å². The topological polar surface area (TPSA) is 270 Å². The van der Waals surface area contributed by atoms with Crippen LogP contribution in [-0.4, -0.2) is 250 Å². The highest BCUT2D eigenvalue weighted by molar-refractivity contribution is 6.31. The summed E-state index contributed by atoms with van der Waals surface area (Å²) in [7, 11) is 8.70. The van der Waals surface area contributed by atoms with Crippen molar-refractivity contribution >= 4 is 82.5 Å². The van der Waals surface area contributed by atoms with Gasteiger partial charge in [-0.05, 0) is 125 Å². The molecule has 3 saturated carbocycles. The quantitative estimate of drug-likeness (QED) is 0.213. The van der Waals surface area contributed by atoms with Crippen LogP contribution >= 0.6 is 11.6 Å². The zero-order valence-electron chi connectivity index (χ0n) is 61.9. The summed E-state index contributed by atoms with van der Waals surface area (Å²) in [6.45, 7) is 8.95. The molecule has 24 nitrogen and oxygen atoms in total. The molecule has 0 radical (unpaired) electrons. The van der Waals surface area contributed by atoms with Crippen molar-refractivity contribution in [2.75, 3.05) is 75.0 Å². The van der Waals surface area contributed by atoms with Crippen LogP contribution in [0.1, 0.15) is 200 Å². The smallest absolute Gasteiger partial charge is 0.343 e. The van der Waals surface area contributed by atoms with Gasteiger partial charge in [-0.1, -0.05) is 122 Å². The molecule has 7 fully saturated rings. The molecule has 1 aromatic rings. The number of likely N-dealkylation sites (tertiary alicyclic amines) is 1. The van der Waals surface area contributed by atoms with Gasteiger partial charge in [-0.15, -0.1) is 0 Å². The maximum atomic E-state index is 15.4. The number of alkyl halides is 3. The number of carbonyl (C=O) groups is 12. The summed E-state index contributed by atoms with van der Waals surface area (Å²) in [5.41, 5.74) is -2.34. The van der Waals surface area contributed by atoms with Crippen molar-refractivity contribution in [1.29, 1.82) is 0 Å². The van der Waals surface area contributed by atoms with E-state index >= 15 is 38.4 Å². The molecule has 4 aliphatic heterocycles. The molecule has 568 valence electrons. The molecule has 1 aromatic carbocycles. The van der Waals surface area contributed by atoms with Crippen LogP contribution in [-0.2, 0) is 70.1 Å². The highest BCUT2D eigenvalue weighted by Crippen LogP contribution is 2.38. The number of amides is 12. The highest BCUT2D eigenvalue weighted by atomic mass is 35.5. The van der Waals surface area contributed by atoms with Crippen LogP contribution in [0.3, 0.4) is 0 Å². The number of fused-ring (bicyclic) bond motifs is 2. The van der Waals surface area contributed by atoms with Gasteiger partial charge in [0, 0.05) is 68.5 Å². The Morgan fingerprint density at radius 2 is 1.19 bits per heavy atom. The first kappa shape index (κ1) is 80.6. The van der Waals surface area contributed by atoms with Crippen LogP contribution < -0.4 is 16.0 Å². The van der Waals surface area contributed by atoms with E-state index in [1.54, 1.807) is 25.7 Å². The predicted molar refractivity (Wildman–Crippen MR) is 376 cm³/mol. The standard InChI is InChI=1S/C74H112ClF3N12O12/c1-12-46(4)61-70(100)85(9)57(42-49-26-17-18-27-49)69(99)90-39-33-55(90)67(97)84(8)56(41-48-24-15-13-16-25-48)66(96)82(6)44-59(91)79-53(32-30-50-29-31-51(52(75)40-50)74(76,77)78)65(95)89-38-23-28-54(89)64(94)81-73(34-19-20-35-73)72(102)87(11)62(45(2)3)71(101)86(10)58(68(98)88-36-21-14-22-37-88)43-60(92)83(7)47(5)63(93)80-61/h29,31,40,45-49,53-58,61-62H,12-28,30,32-39,41-44H2,1-11H3,(H,79,91)(H,80,93)(H,81,94)/t46-,47-,53-,54-,55-,56-,57-,58-,61-,62-/m0/s1. The number of carbonyl (C=O) groups excluding carboxylic acids is 12.